The van der Waals surface area contributed by atoms with Crippen LogP contribution in [0.3, 0.4) is 0 Å². The van der Waals surface area contributed by atoms with Gasteiger partial charge in [-0.15, -0.1) is 10.2 Å². The van der Waals surface area contributed by atoms with Gasteiger partial charge in [0.25, 0.3) is 5.56 Å². The van der Waals surface area contributed by atoms with Crippen molar-refractivity contribution in [2.24, 2.45) is 0 Å². The number of nitrogens with zero attached hydrogens (tertiary/aromatic N) is 7. The molecule has 1 N–H and O–H groups in total. The van der Waals surface area contributed by atoms with Crippen LogP contribution in [0.4, 0.5) is 5.69 Å². The fraction of sp³-hybridized carbons (Fsp3) is 0.333. The Morgan fingerprint density at radius 3 is 2.72 bits per heavy atom. The van der Waals surface area contributed by atoms with E-state index in [0.29, 0.717) is 34.9 Å². The number of carbonyl (C=O) groups is 1. The van der Waals surface area contributed by atoms with Crippen molar-refractivity contribution in [2.75, 3.05) is 11.9 Å². The van der Waals surface area contributed by atoms with E-state index in [4.69, 9.17) is 11.6 Å². The van der Waals surface area contributed by atoms with Crippen molar-refractivity contribution in [3.05, 3.63) is 63.1 Å². The molecule has 10 nitrogen and oxygen atoms in total. The van der Waals surface area contributed by atoms with Gasteiger partial charge in [-0.2, -0.15) is 4.80 Å². The number of aliphatic hydroxyl groups is 1. The minimum absolute atomic E-state index is 0.0538. The van der Waals surface area contributed by atoms with Gasteiger partial charge in [-0.1, -0.05) is 23.7 Å². The van der Waals surface area contributed by atoms with E-state index in [1.807, 2.05) is 0 Å². The molecular weight excluding hydrogens is 398 g/mol. The number of anilines is 1. The van der Waals surface area contributed by atoms with Gasteiger partial charge in [0.2, 0.25) is 5.91 Å². The molecule has 0 bridgehead atoms. The summed E-state index contributed by atoms with van der Waals surface area (Å²) in [7, 11) is 1.57. The number of hydrogen-bond donors (Lipinski definition) is 1. The number of hydrogen-bond acceptors (Lipinski definition) is 7. The maximum Gasteiger partial charge on any atom is 0.278 e. The van der Waals surface area contributed by atoms with E-state index in [1.165, 1.54) is 20.6 Å². The lowest BCUT2D eigenvalue weighted by molar-refractivity contribution is -0.118. The Balaban J connectivity index is 1.50. The summed E-state index contributed by atoms with van der Waals surface area (Å²) in [5.41, 5.74) is 1.24. The fourth-order valence-corrected chi connectivity index (χ4v) is 3.30. The molecule has 1 aliphatic rings. The summed E-state index contributed by atoms with van der Waals surface area (Å²) in [6, 6.07) is 6.83. The van der Waals surface area contributed by atoms with Crippen molar-refractivity contribution in [3.8, 4) is 0 Å². The number of tetrazole rings is 1. The summed E-state index contributed by atoms with van der Waals surface area (Å²) < 4.78 is 1.34. The van der Waals surface area contributed by atoms with E-state index in [1.54, 1.807) is 31.3 Å². The first-order valence-corrected chi connectivity index (χ1v) is 9.35. The summed E-state index contributed by atoms with van der Waals surface area (Å²) >= 11 is 5.85. The van der Waals surface area contributed by atoms with Crippen LogP contribution in [0.1, 0.15) is 29.6 Å². The zero-order valence-electron chi connectivity index (χ0n) is 15.6. The number of aryl methyl sites for hydroxylation is 1. The highest BCUT2D eigenvalue weighted by Crippen LogP contribution is 2.20. The first kappa shape index (κ1) is 19.2. The Bertz CT molecular complexity index is 1110. The average Bonchev–Trinajstić information content (AvgIpc) is 3.14. The van der Waals surface area contributed by atoms with Gasteiger partial charge in [-0.3, -0.25) is 14.2 Å². The van der Waals surface area contributed by atoms with Gasteiger partial charge in [0.1, 0.15) is 11.8 Å². The predicted molar refractivity (Wildman–Crippen MR) is 104 cm³/mol. The highest BCUT2D eigenvalue weighted by atomic mass is 35.5. The van der Waals surface area contributed by atoms with Crippen LogP contribution in [0.25, 0.3) is 0 Å². The quantitative estimate of drug-likeness (QED) is 0.647. The molecule has 29 heavy (non-hydrogen) atoms. The van der Waals surface area contributed by atoms with Crippen LogP contribution in [-0.2, 0) is 24.3 Å². The molecule has 150 valence electrons. The molecule has 0 aliphatic carbocycles. The number of halogens is 1. The Hall–Kier alpha value is -3.11. The van der Waals surface area contributed by atoms with Crippen molar-refractivity contribution in [3.63, 3.8) is 0 Å². The van der Waals surface area contributed by atoms with E-state index < -0.39 is 6.10 Å². The molecule has 0 saturated heterocycles. The highest BCUT2D eigenvalue weighted by molar-refractivity contribution is 6.30. The molecule has 3 aromatic rings. The van der Waals surface area contributed by atoms with Gasteiger partial charge < -0.3 is 10.0 Å². The van der Waals surface area contributed by atoms with Crippen LogP contribution >= 0.6 is 11.6 Å². The van der Waals surface area contributed by atoms with Crippen LogP contribution in [0.5, 0.6) is 0 Å². The Morgan fingerprint density at radius 1 is 1.21 bits per heavy atom. The normalized spacial score (nSPS) is 14.7. The van der Waals surface area contributed by atoms with Crippen LogP contribution < -0.4 is 10.5 Å². The second-order valence-electron chi connectivity index (χ2n) is 6.75. The molecule has 1 aliphatic heterocycles. The average molecular weight is 416 g/mol. The minimum atomic E-state index is -0.831. The van der Waals surface area contributed by atoms with Crippen LogP contribution in [0.2, 0.25) is 5.02 Å². The third kappa shape index (κ3) is 3.89. The molecular formula is C18H18ClN7O3. The zero-order valence-corrected chi connectivity index (χ0v) is 16.3. The Labute approximate surface area is 170 Å². The molecule has 0 saturated carbocycles. The number of amides is 1. The molecule has 0 spiro atoms. The first-order chi connectivity index (χ1) is 13.9. The summed E-state index contributed by atoms with van der Waals surface area (Å²) in [5, 5.41) is 23.0. The number of rotatable bonds is 5. The molecule has 0 unspecified atom stereocenters. The second kappa shape index (κ2) is 7.72. The number of aliphatic hydroxyl groups excluding tert-OH is 1. The van der Waals surface area contributed by atoms with Crippen LogP contribution in [-0.4, -0.2) is 47.8 Å². The van der Waals surface area contributed by atoms with E-state index in [2.05, 4.69) is 20.4 Å². The van der Waals surface area contributed by atoms with Crippen molar-refractivity contribution in [1.82, 2.24) is 29.8 Å². The first-order valence-electron chi connectivity index (χ1n) is 8.97. The second-order valence-corrected chi connectivity index (χ2v) is 7.19. The van der Waals surface area contributed by atoms with Gasteiger partial charge in [0.15, 0.2) is 5.82 Å². The van der Waals surface area contributed by atoms with Crippen molar-refractivity contribution in [2.45, 2.75) is 32.0 Å². The lowest BCUT2D eigenvalue weighted by Crippen LogP contribution is -2.39. The molecule has 0 radical (unpaired) electrons. The van der Waals surface area contributed by atoms with Crippen molar-refractivity contribution < 1.29 is 9.90 Å². The van der Waals surface area contributed by atoms with Gasteiger partial charge >= 0.3 is 0 Å². The predicted octanol–water partition coefficient (Wildman–Crippen LogP) is 0.574. The van der Waals surface area contributed by atoms with Crippen LogP contribution in [0.15, 0.2) is 35.4 Å². The molecule has 1 amide bonds. The highest BCUT2D eigenvalue weighted by Gasteiger charge is 2.26. The summed E-state index contributed by atoms with van der Waals surface area (Å²) in [5.74, 6) is 0.177. The van der Waals surface area contributed by atoms with Gasteiger partial charge in [-0.05, 0) is 22.9 Å². The molecule has 1 atom stereocenters. The summed E-state index contributed by atoms with van der Waals surface area (Å²) in [6.07, 6.45) is 1.38. The third-order valence-electron chi connectivity index (χ3n) is 4.77. The molecule has 4 rings (SSSR count). The minimum Gasteiger partial charge on any atom is -0.386 e. The number of fused-ring (bicyclic) bond motifs is 1. The Kier molecular flexibility index (Phi) is 5.12. The third-order valence-corrected chi connectivity index (χ3v) is 5.02. The number of benzene rings is 1. The zero-order chi connectivity index (χ0) is 20.5. The van der Waals surface area contributed by atoms with E-state index in [-0.39, 0.29) is 30.2 Å². The van der Waals surface area contributed by atoms with Gasteiger partial charge in [-0.25, -0.2) is 4.98 Å². The maximum absolute atomic E-state index is 12.8. The molecule has 11 heteroatoms. The number of aromatic nitrogens is 6. The Morgan fingerprint density at radius 2 is 1.97 bits per heavy atom. The standard InChI is InChI=1S/C18H18ClN7O3/c1-24-16(28)7-6-13-17(24)18(29)25(10-20-13)9-15-21-23-26(22-15)8-14(27)11-2-4-12(19)5-3-11/h2-5,10,14,27H,6-9H2,1H3/t14-/m0/s1. The maximum atomic E-state index is 12.8. The molecule has 1 aromatic carbocycles. The topological polar surface area (TPSA) is 119 Å². The van der Waals surface area contributed by atoms with Gasteiger partial charge in [0.05, 0.1) is 25.1 Å². The largest absolute Gasteiger partial charge is 0.386 e. The smallest absolute Gasteiger partial charge is 0.278 e. The number of carbonyl (C=O) groups excluding carboxylic acids is 1. The summed E-state index contributed by atoms with van der Waals surface area (Å²) in [6.45, 7) is 0.154. The fourth-order valence-electron chi connectivity index (χ4n) is 3.18. The van der Waals surface area contributed by atoms with Crippen LogP contribution in [0, 0.1) is 0 Å². The van der Waals surface area contributed by atoms with Gasteiger partial charge in [0, 0.05) is 24.9 Å². The van der Waals surface area contributed by atoms with E-state index in [0.717, 1.165) is 0 Å². The molecule has 0 fully saturated rings. The summed E-state index contributed by atoms with van der Waals surface area (Å²) in [4.78, 5) is 31.6. The molecule has 3 heterocycles. The van der Waals surface area contributed by atoms with Crippen molar-refractivity contribution >= 4 is 23.2 Å². The van der Waals surface area contributed by atoms with E-state index >= 15 is 0 Å². The SMILES string of the molecule is CN1C(=O)CCc2ncn(Cc3nnn(C[C@H](O)c4ccc(Cl)cc4)n3)c(=O)c21. The van der Waals surface area contributed by atoms with E-state index in [9.17, 15) is 14.7 Å². The van der Waals surface area contributed by atoms with Crippen molar-refractivity contribution in [1.29, 1.82) is 0 Å². The lowest BCUT2D eigenvalue weighted by atomic mass is 10.1. The monoisotopic (exact) mass is 415 g/mol. The molecule has 2 aromatic heterocycles. The lowest BCUT2D eigenvalue weighted by Gasteiger charge is -2.24.